The first-order chi connectivity index (χ1) is 9.17. The van der Waals surface area contributed by atoms with Crippen LogP contribution >= 0.6 is 0 Å². The van der Waals surface area contributed by atoms with E-state index in [4.69, 9.17) is 4.74 Å². The van der Waals surface area contributed by atoms with Crippen molar-refractivity contribution in [3.05, 3.63) is 36.0 Å². The number of nitrogens with one attached hydrogen (secondary N) is 2. The first kappa shape index (κ1) is 12.7. The average molecular weight is 260 g/mol. The Hall–Kier alpha value is -1.36. The second kappa shape index (κ2) is 4.96. The van der Waals surface area contributed by atoms with Crippen molar-refractivity contribution in [3.63, 3.8) is 0 Å². The summed E-state index contributed by atoms with van der Waals surface area (Å²) < 4.78 is 5.42. The van der Waals surface area contributed by atoms with Crippen molar-refractivity contribution in [3.8, 4) is 0 Å². The minimum atomic E-state index is -0.726. The summed E-state index contributed by atoms with van der Waals surface area (Å²) in [6.07, 6.45) is 2.56. The molecule has 3 N–H and O–H groups in total. The maximum Gasteiger partial charge on any atom is 0.105 e. The molecule has 2 heterocycles. The number of aromatic nitrogens is 1. The van der Waals surface area contributed by atoms with Crippen LogP contribution in [0.15, 0.2) is 30.5 Å². The van der Waals surface area contributed by atoms with Gasteiger partial charge in [-0.3, -0.25) is 0 Å². The number of hydrogen-bond acceptors (Lipinski definition) is 3. The Morgan fingerprint density at radius 1 is 1.47 bits per heavy atom. The minimum Gasteiger partial charge on any atom is -0.386 e. The van der Waals surface area contributed by atoms with E-state index in [1.807, 2.05) is 13.1 Å². The quantitative estimate of drug-likeness (QED) is 0.785. The topological polar surface area (TPSA) is 57.3 Å². The third-order valence-corrected chi connectivity index (χ3v) is 4.04. The summed E-state index contributed by atoms with van der Waals surface area (Å²) >= 11 is 0. The summed E-state index contributed by atoms with van der Waals surface area (Å²) in [7, 11) is 0. The molecule has 1 aliphatic heterocycles. The predicted octanol–water partition coefficient (Wildman–Crippen LogP) is 1.80. The monoisotopic (exact) mass is 260 g/mol. The van der Waals surface area contributed by atoms with E-state index in [0.717, 1.165) is 12.1 Å². The van der Waals surface area contributed by atoms with Crippen LogP contribution in [0.3, 0.4) is 0 Å². The molecule has 4 heteroatoms. The molecular formula is C15H20N2O2. The van der Waals surface area contributed by atoms with Crippen LogP contribution in [0.2, 0.25) is 0 Å². The van der Waals surface area contributed by atoms with Gasteiger partial charge in [0, 0.05) is 37.8 Å². The average Bonchev–Trinajstić information content (AvgIpc) is 2.97. The third-order valence-electron chi connectivity index (χ3n) is 4.04. The van der Waals surface area contributed by atoms with E-state index in [1.165, 1.54) is 10.9 Å². The normalized spacial score (nSPS) is 27.2. The zero-order valence-corrected chi connectivity index (χ0v) is 11.1. The molecule has 0 aliphatic carbocycles. The lowest BCUT2D eigenvalue weighted by Crippen LogP contribution is -2.45. The lowest BCUT2D eigenvalue weighted by Gasteiger charge is -2.26. The molecule has 2 unspecified atom stereocenters. The third kappa shape index (κ3) is 2.52. The SMILES string of the molecule is CC1OCCC1(O)CNCc1ccc2cc[nH]c2c1. The molecule has 0 bridgehead atoms. The van der Waals surface area contributed by atoms with Crippen molar-refractivity contribution in [1.29, 1.82) is 0 Å². The summed E-state index contributed by atoms with van der Waals surface area (Å²) in [6.45, 7) is 3.90. The van der Waals surface area contributed by atoms with Gasteiger partial charge in [-0.25, -0.2) is 0 Å². The highest BCUT2D eigenvalue weighted by Crippen LogP contribution is 2.24. The van der Waals surface area contributed by atoms with Gasteiger partial charge in [-0.15, -0.1) is 0 Å². The summed E-state index contributed by atoms with van der Waals surface area (Å²) in [5, 5.41) is 14.9. The van der Waals surface area contributed by atoms with Crippen molar-refractivity contribution < 1.29 is 9.84 Å². The molecule has 0 saturated carbocycles. The van der Waals surface area contributed by atoms with E-state index in [9.17, 15) is 5.11 Å². The number of H-pyrrole nitrogens is 1. The van der Waals surface area contributed by atoms with E-state index >= 15 is 0 Å². The zero-order chi connectivity index (χ0) is 13.3. The Bertz CT molecular complexity index is 566. The van der Waals surface area contributed by atoms with Crippen LogP contribution in [0.1, 0.15) is 18.9 Å². The number of rotatable bonds is 4. The second-order valence-corrected chi connectivity index (χ2v) is 5.37. The van der Waals surface area contributed by atoms with Crippen molar-refractivity contribution >= 4 is 10.9 Å². The number of fused-ring (bicyclic) bond motifs is 1. The summed E-state index contributed by atoms with van der Waals surface area (Å²) in [5.74, 6) is 0. The lowest BCUT2D eigenvalue weighted by atomic mass is 9.96. The highest BCUT2D eigenvalue weighted by molar-refractivity contribution is 5.79. The zero-order valence-electron chi connectivity index (χ0n) is 11.1. The van der Waals surface area contributed by atoms with E-state index < -0.39 is 5.60 Å². The maximum atomic E-state index is 10.4. The summed E-state index contributed by atoms with van der Waals surface area (Å²) in [6, 6.07) is 8.43. The van der Waals surface area contributed by atoms with Crippen LogP contribution < -0.4 is 5.32 Å². The molecule has 1 saturated heterocycles. The van der Waals surface area contributed by atoms with Gasteiger partial charge in [0.1, 0.15) is 5.60 Å². The van der Waals surface area contributed by atoms with Gasteiger partial charge < -0.3 is 20.1 Å². The minimum absolute atomic E-state index is 0.0918. The molecular weight excluding hydrogens is 240 g/mol. The van der Waals surface area contributed by atoms with Crippen molar-refractivity contribution in [2.45, 2.75) is 31.6 Å². The van der Waals surface area contributed by atoms with Crippen LogP contribution in [-0.2, 0) is 11.3 Å². The maximum absolute atomic E-state index is 10.4. The molecule has 2 aromatic rings. The number of ether oxygens (including phenoxy) is 1. The highest BCUT2D eigenvalue weighted by atomic mass is 16.5. The molecule has 4 nitrogen and oxygen atoms in total. The molecule has 1 aromatic carbocycles. The fourth-order valence-corrected chi connectivity index (χ4v) is 2.63. The smallest absolute Gasteiger partial charge is 0.105 e. The van der Waals surface area contributed by atoms with Gasteiger partial charge in [0.2, 0.25) is 0 Å². The molecule has 1 aromatic heterocycles. The van der Waals surface area contributed by atoms with E-state index in [0.29, 0.717) is 19.6 Å². The highest BCUT2D eigenvalue weighted by Gasteiger charge is 2.38. The Kier molecular flexibility index (Phi) is 3.31. The second-order valence-electron chi connectivity index (χ2n) is 5.37. The van der Waals surface area contributed by atoms with Gasteiger partial charge in [0.15, 0.2) is 0 Å². The van der Waals surface area contributed by atoms with Gasteiger partial charge in [0.25, 0.3) is 0 Å². The lowest BCUT2D eigenvalue weighted by molar-refractivity contribution is -0.0262. The Labute approximate surface area is 112 Å². The molecule has 19 heavy (non-hydrogen) atoms. The summed E-state index contributed by atoms with van der Waals surface area (Å²) in [5.41, 5.74) is 1.64. The van der Waals surface area contributed by atoms with Gasteiger partial charge in [-0.05, 0) is 30.0 Å². The van der Waals surface area contributed by atoms with Crippen LogP contribution in [0.25, 0.3) is 10.9 Å². The van der Waals surface area contributed by atoms with E-state index in [-0.39, 0.29) is 6.10 Å². The first-order valence-corrected chi connectivity index (χ1v) is 6.78. The van der Waals surface area contributed by atoms with Crippen molar-refractivity contribution in [2.24, 2.45) is 0 Å². The van der Waals surface area contributed by atoms with Crippen molar-refractivity contribution in [1.82, 2.24) is 10.3 Å². The first-order valence-electron chi connectivity index (χ1n) is 6.78. The molecule has 0 radical (unpaired) electrons. The van der Waals surface area contributed by atoms with Gasteiger partial charge in [-0.1, -0.05) is 12.1 Å². The van der Waals surface area contributed by atoms with Crippen LogP contribution in [0, 0.1) is 0 Å². The van der Waals surface area contributed by atoms with Crippen LogP contribution in [-0.4, -0.2) is 34.9 Å². The molecule has 0 amide bonds. The number of aliphatic hydroxyl groups is 1. The largest absolute Gasteiger partial charge is 0.386 e. The van der Waals surface area contributed by atoms with E-state index in [1.54, 1.807) is 0 Å². The number of benzene rings is 1. The molecule has 0 spiro atoms. The standard InChI is InChI=1S/C15H20N2O2/c1-11-15(18,5-7-19-11)10-16-9-12-2-3-13-4-6-17-14(13)8-12/h2-4,6,8,11,16-18H,5,7,9-10H2,1H3. The molecule has 1 fully saturated rings. The van der Waals surface area contributed by atoms with Gasteiger partial charge >= 0.3 is 0 Å². The van der Waals surface area contributed by atoms with Gasteiger partial charge in [-0.2, -0.15) is 0 Å². The van der Waals surface area contributed by atoms with Gasteiger partial charge in [0.05, 0.1) is 6.10 Å². The fraction of sp³-hybridized carbons (Fsp3) is 0.467. The Balaban J connectivity index is 1.60. The Morgan fingerprint density at radius 2 is 2.37 bits per heavy atom. The molecule has 1 aliphatic rings. The summed E-state index contributed by atoms with van der Waals surface area (Å²) in [4.78, 5) is 3.21. The Morgan fingerprint density at radius 3 is 3.16 bits per heavy atom. The fourth-order valence-electron chi connectivity index (χ4n) is 2.63. The number of hydrogen-bond donors (Lipinski definition) is 3. The van der Waals surface area contributed by atoms with Crippen LogP contribution in [0.4, 0.5) is 0 Å². The number of aromatic amines is 1. The molecule has 2 atom stereocenters. The van der Waals surface area contributed by atoms with Crippen molar-refractivity contribution in [2.75, 3.05) is 13.2 Å². The molecule has 102 valence electrons. The van der Waals surface area contributed by atoms with Crippen LogP contribution in [0.5, 0.6) is 0 Å². The van der Waals surface area contributed by atoms with E-state index in [2.05, 4.69) is 34.6 Å². The predicted molar refractivity (Wildman–Crippen MR) is 75.0 cm³/mol. The molecule has 3 rings (SSSR count).